The Hall–Kier alpha value is -2.82. The zero-order valence-electron chi connectivity index (χ0n) is 16.0. The van der Waals surface area contributed by atoms with Crippen LogP contribution < -0.4 is 25.0 Å². The van der Waals surface area contributed by atoms with Gasteiger partial charge in [-0.1, -0.05) is 6.07 Å². The largest absolute Gasteiger partial charge is 0.486 e. The molecule has 1 fully saturated rings. The fraction of sp³-hybridized carbons (Fsp3) is 0.421. The van der Waals surface area contributed by atoms with E-state index < -0.39 is 11.9 Å². The van der Waals surface area contributed by atoms with Gasteiger partial charge in [-0.3, -0.25) is 0 Å². The first-order chi connectivity index (χ1) is 14.4. The average molecular weight is 439 g/mol. The summed E-state index contributed by atoms with van der Waals surface area (Å²) in [6.45, 7) is 2.67. The minimum Gasteiger partial charge on any atom is -0.486 e. The number of anilines is 2. The molecule has 0 radical (unpaired) electrons. The predicted molar refractivity (Wildman–Crippen MR) is 109 cm³/mol. The van der Waals surface area contributed by atoms with E-state index in [0.29, 0.717) is 44.3 Å². The van der Waals surface area contributed by atoms with Gasteiger partial charge in [-0.25, -0.2) is 4.98 Å². The molecule has 30 heavy (non-hydrogen) atoms. The summed E-state index contributed by atoms with van der Waals surface area (Å²) >= 11 is 5.22. The van der Waals surface area contributed by atoms with Gasteiger partial charge in [0.25, 0.3) is 0 Å². The number of thiocarbonyl (C=S) groups is 1. The Morgan fingerprint density at radius 1 is 1.07 bits per heavy atom. The number of benzene rings is 1. The number of nitrogens with one attached hydrogen (secondary N) is 2. The zero-order chi connectivity index (χ0) is 21.1. The molecule has 11 heteroatoms. The number of nitrogens with zero attached hydrogens (tertiary/aromatic N) is 3. The van der Waals surface area contributed by atoms with Gasteiger partial charge in [0, 0.05) is 25.7 Å². The summed E-state index contributed by atoms with van der Waals surface area (Å²) < 4.78 is 50.8. The van der Waals surface area contributed by atoms with E-state index >= 15 is 0 Å². The van der Waals surface area contributed by atoms with Crippen molar-refractivity contribution in [2.45, 2.75) is 25.6 Å². The highest BCUT2D eigenvalue weighted by molar-refractivity contribution is 7.80. The van der Waals surface area contributed by atoms with Crippen molar-refractivity contribution < 1.29 is 22.6 Å². The van der Waals surface area contributed by atoms with Gasteiger partial charge in [-0.15, -0.1) is 0 Å². The molecular formula is C19H20F3N5O2S. The molecule has 4 rings (SSSR count). The van der Waals surface area contributed by atoms with Gasteiger partial charge >= 0.3 is 6.18 Å². The minimum absolute atomic E-state index is 0.122. The van der Waals surface area contributed by atoms with Gasteiger partial charge in [-0.2, -0.15) is 18.2 Å². The van der Waals surface area contributed by atoms with Crippen molar-refractivity contribution in [1.82, 2.24) is 15.3 Å². The van der Waals surface area contributed by atoms with Crippen molar-refractivity contribution in [3.05, 3.63) is 35.5 Å². The van der Waals surface area contributed by atoms with Crippen LogP contribution in [-0.4, -0.2) is 41.4 Å². The lowest BCUT2D eigenvalue weighted by Crippen LogP contribution is -2.30. The molecule has 2 aromatic rings. The van der Waals surface area contributed by atoms with E-state index in [0.717, 1.165) is 24.5 Å². The average Bonchev–Trinajstić information content (AvgIpc) is 3.26. The van der Waals surface area contributed by atoms with Crippen LogP contribution in [0.2, 0.25) is 0 Å². The molecule has 1 aromatic carbocycles. The van der Waals surface area contributed by atoms with E-state index in [1.54, 1.807) is 6.07 Å². The molecule has 160 valence electrons. The second-order valence-corrected chi connectivity index (χ2v) is 7.32. The zero-order valence-corrected chi connectivity index (χ0v) is 16.8. The molecule has 0 saturated carbocycles. The molecule has 3 heterocycles. The van der Waals surface area contributed by atoms with Gasteiger partial charge in [0.2, 0.25) is 5.95 Å². The maximum absolute atomic E-state index is 13.3. The molecule has 1 saturated heterocycles. The first kappa shape index (κ1) is 20.5. The van der Waals surface area contributed by atoms with E-state index in [1.165, 1.54) is 0 Å². The predicted octanol–water partition coefficient (Wildman–Crippen LogP) is 3.35. The highest BCUT2D eigenvalue weighted by Gasteiger charge is 2.34. The molecule has 0 amide bonds. The van der Waals surface area contributed by atoms with Crippen LogP contribution in [0.1, 0.15) is 24.1 Å². The molecule has 0 unspecified atom stereocenters. The van der Waals surface area contributed by atoms with Crippen molar-refractivity contribution in [2.24, 2.45) is 0 Å². The minimum atomic E-state index is -4.58. The number of hydrogen-bond acceptors (Lipinski definition) is 6. The highest BCUT2D eigenvalue weighted by Crippen LogP contribution is 2.32. The van der Waals surface area contributed by atoms with Gasteiger partial charge in [-0.05, 0) is 42.8 Å². The fourth-order valence-corrected chi connectivity index (χ4v) is 3.43. The number of rotatable bonds is 4. The third-order valence-corrected chi connectivity index (χ3v) is 4.96. The summed E-state index contributed by atoms with van der Waals surface area (Å²) in [5, 5.41) is 5.74. The Balaban J connectivity index is 1.43. The maximum Gasteiger partial charge on any atom is 0.433 e. The van der Waals surface area contributed by atoms with Crippen LogP contribution >= 0.6 is 12.2 Å². The van der Waals surface area contributed by atoms with Crippen molar-refractivity contribution >= 4 is 29.1 Å². The molecule has 2 aliphatic rings. The van der Waals surface area contributed by atoms with E-state index in [2.05, 4.69) is 20.6 Å². The third-order valence-electron chi connectivity index (χ3n) is 4.72. The highest BCUT2D eigenvalue weighted by atomic mass is 32.1. The van der Waals surface area contributed by atoms with E-state index in [4.69, 9.17) is 21.7 Å². The molecule has 0 aliphatic carbocycles. The smallest absolute Gasteiger partial charge is 0.433 e. The van der Waals surface area contributed by atoms with Crippen LogP contribution in [0.4, 0.5) is 24.9 Å². The first-order valence-electron chi connectivity index (χ1n) is 9.53. The van der Waals surface area contributed by atoms with E-state index in [9.17, 15) is 13.2 Å². The standard InChI is InChI=1S/C19H20F3N5O2S/c20-19(21,22)15-10-16(27-5-1-2-6-27)25-17(24-15)26-18(30)23-11-12-3-4-13-14(9-12)29-8-7-28-13/h3-4,9-10H,1-2,5-8,11H2,(H2,23,24,25,26,30). The van der Waals surface area contributed by atoms with E-state index in [-0.39, 0.29) is 16.9 Å². The summed E-state index contributed by atoms with van der Waals surface area (Å²) in [6, 6.07) is 6.47. The molecule has 2 aliphatic heterocycles. The number of aromatic nitrogens is 2. The maximum atomic E-state index is 13.3. The van der Waals surface area contributed by atoms with Crippen molar-refractivity contribution in [2.75, 3.05) is 36.5 Å². The lowest BCUT2D eigenvalue weighted by atomic mass is 10.2. The van der Waals surface area contributed by atoms with Crippen LogP contribution in [0.25, 0.3) is 0 Å². The van der Waals surface area contributed by atoms with Crippen molar-refractivity contribution in [3.8, 4) is 11.5 Å². The lowest BCUT2D eigenvalue weighted by Gasteiger charge is -2.20. The molecule has 0 spiro atoms. The first-order valence-corrected chi connectivity index (χ1v) is 9.94. The van der Waals surface area contributed by atoms with Gasteiger partial charge in [0.1, 0.15) is 19.0 Å². The number of halogens is 3. The van der Waals surface area contributed by atoms with Gasteiger partial charge in [0.05, 0.1) is 0 Å². The molecule has 1 aromatic heterocycles. The molecule has 0 atom stereocenters. The molecule has 2 N–H and O–H groups in total. The van der Waals surface area contributed by atoms with E-state index in [1.807, 2.05) is 17.0 Å². The van der Waals surface area contributed by atoms with Crippen molar-refractivity contribution in [3.63, 3.8) is 0 Å². The summed E-state index contributed by atoms with van der Waals surface area (Å²) in [7, 11) is 0. The Kier molecular flexibility index (Phi) is 5.80. The second kappa shape index (κ2) is 8.50. The van der Waals surface area contributed by atoms with Crippen LogP contribution in [-0.2, 0) is 12.7 Å². The van der Waals surface area contributed by atoms with Crippen molar-refractivity contribution in [1.29, 1.82) is 0 Å². The van der Waals surface area contributed by atoms with Crippen LogP contribution in [0.5, 0.6) is 11.5 Å². The molecular weight excluding hydrogens is 419 g/mol. The monoisotopic (exact) mass is 439 g/mol. The number of ether oxygens (including phenoxy) is 2. The number of fused-ring (bicyclic) bond motifs is 1. The summed E-state index contributed by atoms with van der Waals surface area (Å²) in [5.74, 6) is 1.38. The summed E-state index contributed by atoms with van der Waals surface area (Å²) in [4.78, 5) is 9.63. The molecule has 7 nitrogen and oxygen atoms in total. The van der Waals surface area contributed by atoms with Crippen LogP contribution in [0.15, 0.2) is 24.3 Å². The number of hydrogen-bond donors (Lipinski definition) is 2. The quantitative estimate of drug-likeness (QED) is 0.703. The normalized spacial score (nSPS) is 15.8. The van der Waals surface area contributed by atoms with Gasteiger partial charge in [0.15, 0.2) is 22.3 Å². The van der Waals surface area contributed by atoms with Gasteiger partial charge < -0.3 is 25.0 Å². The Bertz CT molecular complexity index is 935. The Morgan fingerprint density at radius 2 is 1.80 bits per heavy atom. The number of alkyl halides is 3. The fourth-order valence-electron chi connectivity index (χ4n) is 3.27. The SMILES string of the molecule is FC(F)(F)c1cc(N2CCCC2)nc(NC(=S)NCc2ccc3c(c2)OCCO3)n1. The summed E-state index contributed by atoms with van der Waals surface area (Å²) in [5.41, 5.74) is -0.123. The second-order valence-electron chi connectivity index (χ2n) is 6.91. The Morgan fingerprint density at radius 3 is 2.53 bits per heavy atom. The topological polar surface area (TPSA) is 71.5 Å². The lowest BCUT2D eigenvalue weighted by molar-refractivity contribution is -0.141. The third kappa shape index (κ3) is 4.84. The Labute approximate surface area is 176 Å². The van der Waals surface area contributed by atoms with Crippen LogP contribution in [0, 0.1) is 0 Å². The molecule has 0 bridgehead atoms. The summed E-state index contributed by atoms with van der Waals surface area (Å²) in [6.07, 6.45) is -2.73. The van der Waals surface area contributed by atoms with Crippen LogP contribution in [0.3, 0.4) is 0 Å².